The van der Waals surface area contributed by atoms with Crippen LogP contribution in [0.2, 0.25) is 10.0 Å². The minimum Gasteiger partial charge on any atom is -0.377 e. The molecule has 3 nitrogen and oxygen atoms in total. The fourth-order valence-electron chi connectivity index (χ4n) is 3.22. The molecule has 1 heterocycles. The highest BCUT2D eigenvalue weighted by molar-refractivity contribution is 6.35. The van der Waals surface area contributed by atoms with E-state index in [1.165, 1.54) is 0 Å². The Bertz CT molecular complexity index is 748. The highest BCUT2D eigenvalue weighted by Crippen LogP contribution is 2.40. The van der Waals surface area contributed by atoms with Gasteiger partial charge in [0.05, 0.1) is 16.8 Å². The van der Waals surface area contributed by atoms with Gasteiger partial charge in [-0.1, -0.05) is 41.4 Å². The molecule has 0 saturated heterocycles. The molecule has 2 aromatic carbocycles. The summed E-state index contributed by atoms with van der Waals surface area (Å²) in [6.45, 7) is 3.67. The maximum absolute atomic E-state index is 12.0. The van der Waals surface area contributed by atoms with Crippen LogP contribution in [-0.4, -0.2) is 11.9 Å². The summed E-state index contributed by atoms with van der Waals surface area (Å²) in [5.41, 5.74) is 2.86. The first-order valence-corrected chi connectivity index (χ1v) is 8.33. The number of benzene rings is 2. The van der Waals surface area contributed by atoms with Gasteiger partial charge in [0.2, 0.25) is 5.91 Å². The molecule has 120 valence electrons. The Morgan fingerprint density at radius 1 is 1.22 bits per heavy atom. The topological polar surface area (TPSA) is 32.3 Å². The van der Waals surface area contributed by atoms with Gasteiger partial charge in [0.1, 0.15) is 0 Å². The van der Waals surface area contributed by atoms with E-state index in [-0.39, 0.29) is 18.0 Å². The number of amides is 1. The number of fused-ring (bicyclic) bond motifs is 1. The van der Waals surface area contributed by atoms with Crippen molar-refractivity contribution in [3.63, 3.8) is 0 Å². The standard InChI is InChI=1S/C18H18Cl2N2O/c1-11-9-16(21-17-10-13(19)7-8-15(17)20)14-5-3-4-6-18(14)22(11)12(2)23/h3-8,10-11,16,21H,9H2,1-2H3/t11-,16+/m0/s1. The number of halogens is 2. The molecule has 1 amide bonds. The van der Waals surface area contributed by atoms with Crippen LogP contribution in [0.5, 0.6) is 0 Å². The summed E-state index contributed by atoms with van der Waals surface area (Å²) in [5, 5.41) is 4.75. The number of para-hydroxylation sites is 1. The molecule has 0 aliphatic carbocycles. The Balaban J connectivity index is 1.99. The molecule has 0 fully saturated rings. The van der Waals surface area contributed by atoms with Gasteiger partial charge in [-0.05, 0) is 43.2 Å². The van der Waals surface area contributed by atoms with E-state index >= 15 is 0 Å². The fraction of sp³-hybridized carbons (Fsp3) is 0.278. The lowest BCUT2D eigenvalue weighted by molar-refractivity contribution is -0.117. The van der Waals surface area contributed by atoms with Crippen LogP contribution in [0.3, 0.4) is 0 Å². The van der Waals surface area contributed by atoms with Gasteiger partial charge in [-0.2, -0.15) is 0 Å². The Morgan fingerprint density at radius 2 is 1.96 bits per heavy atom. The molecule has 0 unspecified atom stereocenters. The van der Waals surface area contributed by atoms with Gasteiger partial charge >= 0.3 is 0 Å². The zero-order chi connectivity index (χ0) is 16.6. The molecule has 2 atom stereocenters. The van der Waals surface area contributed by atoms with E-state index in [2.05, 4.69) is 12.2 Å². The van der Waals surface area contributed by atoms with Crippen LogP contribution in [0, 0.1) is 0 Å². The molecule has 0 spiro atoms. The van der Waals surface area contributed by atoms with E-state index in [0.717, 1.165) is 23.4 Å². The van der Waals surface area contributed by atoms with Crippen LogP contribution in [0.1, 0.15) is 31.9 Å². The Labute approximate surface area is 146 Å². The van der Waals surface area contributed by atoms with Crippen molar-refractivity contribution in [3.05, 3.63) is 58.1 Å². The number of nitrogens with one attached hydrogen (secondary N) is 1. The number of nitrogens with zero attached hydrogens (tertiary/aromatic N) is 1. The molecule has 0 radical (unpaired) electrons. The largest absolute Gasteiger partial charge is 0.377 e. The van der Waals surface area contributed by atoms with E-state index in [9.17, 15) is 4.79 Å². The minimum absolute atomic E-state index is 0.0594. The van der Waals surface area contributed by atoms with Crippen molar-refractivity contribution in [2.45, 2.75) is 32.4 Å². The maximum Gasteiger partial charge on any atom is 0.224 e. The predicted molar refractivity (Wildman–Crippen MR) is 96.5 cm³/mol. The van der Waals surface area contributed by atoms with Crippen molar-refractivity contribution in [2.75, 3.05) is 10.2 Å². The normalized spacial score (nSPS) is 20.1. The number of anilines is 2. The molecule has 2 aromatic rings. The van der Waals surface area contributed by atoms with Gasteiger partial charge in [0.15, 0.2) is 0 Å². The lowest BCUT2D eigenvalue weighted by atomic mass is 9.91. The third-order valence-electron chi connectivity index (χ3n) is 4.19. The quantitative estimate of drug-likeness (QED) is 0.799. The molecule has 0 bridgehead atoms. The van der Waals surface area contributed by atoms with Crippen molar-refractivity contribution < 1.29 is 4.79 Å². The SMILES string of the molecule is CC(=O)N1c2ccccc2[C@H](Nc2cc(Cl)ccc2Cl)C[C@@H]1C. The van der Waals surface area contributed by atoms with Gasteiger partial charge in [-0.25, -0.2) is 0 Å². The number of carbonyl (C=O) groups excluding carboxylic acids is 1. The van der Waals surface area contributed by atoms with Gasteiger partial charge in [-0.15, -0.1) is 0 Å². The number of carbonyl (C=O) groups is 1. The van der Waals surface area contributed by atoms with E-state index in [1.807, 2.05) is 35.2 Å². The van der Waals surface area contributed by atoms with Crippen LogP contribution in [0.4, 0.5) is 11.4 Å². The smallest absolute Gasteiger partial charge is 0.224 e. The summed E-state index contributed by atoms with van der Waals surface area (Å²) >= 11 is 12.3. The van der Waals surface area contributed by atoms with E-state index < -0.39 is 0 Å². The number of hydrogen-bond acceptors (Lipinski definition) is 2. The lowest BCUT2D eigenvalue weighted by Gasteiger charge is -2.39. The first-order chi connectivity index (χ1) is 11.0. The second-order valence-electron chi connectivity index (χ2n) is 5.85. The highest BCUT2D eigenvalue weighted by Gasteiger charge is 2.32. The second-order valence-corrected chi connectivity index (χ2v) is 6.70. The van der Waals surface area contributed by atoms with E-state index in [1.54, 1.807) is 19.1 Å². The summed E-state index contributed by atoms with van der Waals surface area (Å²) in [4.78, 5) is 13.9. The predicted octanol–water partition coefficient (Wildman–Crippen LogP) is 5.29. The Kier molecular flexibility index (Phi) is 4.51. The van der Waals surface area contributed by atoms with Crippen LogP contribution in [0.15, 0.2) is 42.5 Å². The second kappa shape index (κ2) is 6.42. The molecule has 1 aliphatic heterocycles. The van der Waals surface area contributed by atoms with E-state index in [4.69, 9.17) is 23.2 Å². The van der Waals surface area contributed by atoms with E-state index in [0.29, 0.717) is 10.0 Å². The Hall–Kier alpha value is -1.71. The molecule has 0 aromatic heterocycles. The molecule has 1 N–H and O–H groups in total. The van der Waals surface area contributed by atoms with Crippen LogP contribution >= 0.6 is 23.2 Å². The first kappa shape index (κ1) is 16.2. The molecule has 23 heavy (non-hydrogen) atoms. The molecular formula is C18H18Cl2N2O. The average molecular weight is 349 g/mol. The highest BCUT2D eigenvalue weighted by atomic mass is 35.5. The molecule has 1 aliphatic rings. The molecule has 3 rings (SSSR count). The fourth-order valence-corrected chi connectivity index (χ4v) is 3.57. The van der Waals surface area contributed by atoms with Crippen molar-refractivity contribution in [2.24, 2.45) is 0 Å². The Morgan fingerprint density at radius 3 is 2.70 bits per heavy atom. The van der Waals surface area contributed by atoms with Gasteiger partial charge in [0, 0.05) is 23.7 Å². The van der Waals surface area contributed by atoms with Crippen LogP contribution < -0.4 is 10.2 Å². The third-order valence-corrected chi connectivity index (χ3v) is 4.75. The average Bonchev–Trinajstić information content (AvgIpc) is 2.50. The lowest BCUT2D eigenvalue weighted by Crippen LogP contribution is -2.43. The first-order valence-electron chi connectivity index (χ1n) is 7.57. The zero-order valence-electron chi connectivity index (χ0n) is 13.0. The molecule has 0 saturated carbocycles. The minimum atomic E-state index is 0.0594. The third kappa shape index (κ3) is 3.17. The maximum atomic E-state index is 12.0. The van der Waals surface area contributed by atoms with Crippen molar-refractivity contribution >= 4 is 40.5 Å². The van der Waals surface area contributed by atoms with Gasteiger partial charge < -0.3 is 10.2 Å². The summed E-state index contributed by atoms with van der Waals surface area (Å²) in [6.07, 6.45) is 0.805. The summed E-state index contributed by atoms with van der Waals surface area (Å²) in [7, 11) is 0. The zero-order valence-corrected chi connectivity index (χ0v) is 14.5. The van der Waals surface area contributed by atoms with Crippen molar-refractivity contribution in [1.82, 2.24) is 0 Å². The number of rotatable bonds is 2. The summed E-state index contributed by atoms with van der Waals surface area (Å²) in [6, 6.07) is 13.5. The monoisotopic (exact) mass is 348 g/mol. The molecular weight excluding hydrogens is 331 g/mol. The van der Waals surface area contributed by atoms with Crippen molar-refractivity contribution in [1.29, 1.82) is 0 Å². The van der Waals surface area contributed by atoms with Crippen LogP contribution in [0.25, 0.3) is 0 Å². The van der Waals surface area contributed by atoms with Crippen LogP contribution in [-0.2, 0) is 4.79 Å². The number of hydrogen-bond donors (Lipinski definition) is 1. The summed E-state index contributed by atoms with van der Waals surface area (Å²) in [5.74, 6) is 0.0594. The van der Waals surface area contributed by atoms with Gasteiger partial charge in [0.25, 0.3) is 0 Å². The molecule has 5 heteroatoms. The summed E-state index contributed by atoms with van der Waals surface area (Å²) < 4.78 is 0. The van der Waals surface area contributed by atoms with Crippen molar-refractivity contribution in [3.8, 4) is 0 Å². The van der Waals surface area contributed by atoms with Gasteiger partial charge in [-0.3, -0.25) is 4.79 Å².